The third kappa shape index (κ3) is 4.92. The predicted molar refractivity (Wildman–Crippen MR) is 67.4 cm³/mol. The maximum atomic E-state index is 13.3. The molecule has 0 heterocycles. The van der Waals surface area contributed by atoms with Crippen molar-refractivity contribution in [3.63, 3.8) is 0 Å². The average Bonchev–Trinajstić information content (AvgIpc) is 2.30. The van der Waals surface area contributed by atoms with Gasteiger partial charge in [-0.25, -0.2) is 8.78 Å². The standard InChI is InChI=1S/C14H19F2NO/c1-10(2)17-8-4-6-12(18)9-11-5-3-7-13(15)14(11)16/h3,5,7,10,17H,4,6,8-9H2,1-2H3. The van der Waals surface area contributed by atoms with Crippen molar-refractivity contribution in [2.45, 2.75) is 39.2 Å². The van der Waals surface area contributed by atoms with E-state index in [0.29, 0.717) is 18.9 Å². The van der Waals surface area contributed by atoms with Gasteiger partial charge in [-0.2, -0.15) is 0 Å². The number of carbonyl (C=O) groups is 1. The van der Waals surface area contributed by atoms with Gasteiger partial charge in [-0.15, -0.1) is 0 Å². The van der Waals surface area contributed by atoms with E-state index in [2.05, 4.69) is 5.32 Å². The summed E-state index contributed by atoms with van der Waals surface area (Å²) in [6.45, 7) is 4.82. The number of benzene rings is 1. The second-order valence-corrected chi connectivity index (χ2v) is 4.64. The van der Waals surface area contributed by atoms with E-state index in [1.807, 2.05) is 13.8 Å². The Bertz CT molecular complexity index is 405. The molecule has 0 aliphatic heterocycles. The lowest BCUT2D eigenvalue weighted by molar-refractivity contribution is -0.118. The molecule has 18 heavy (non-hydrogen) atoms. The van der Waals surface area contributed by atoms with Crippen LogP contribution in [0.2, 0.25) is 0 Å². The highest BCUT2D eigenvalue weighted by atomic mass is 19.2. The molecule has 0 aliphatic rings. The average molecular weight is 255 g/mol. The number of halogens is 2. The van der Waals surface area contributed by atoms with Crippen LogP contribution in [0.5, 0.6) is 0 Å². The Balaban J connectivity index is 2.38. The maximum absolute atomic E-state index is 13.3. The Labute approximate surface area is 106 Å². The molecule has 1 rings (SSSR count). The number of carbonyl (C=O) groups excluding carboxylic acids is 1. The number of rotatable bonds is 7. The molecule has 1 N–H and O–H groups in total. The summed E-state index contributed by atoms with van der Waals surface area (Å²) >= 11 is 0. The van der Waals surface area contributed by atoms with Crippen molar-refractivity contribution in [3.8, 4) is 0 Å². The Morgan fingerprint density at radius 2 is 2.06 bits per heavy atom. The van der Waals surface area contributed by atoms with Crippen LogP contribution >= 0.6 is 0 Å². The topological polar surface area (TPSA) is 29.1 Å². The molecule has 1 aromatic rings. The fraction of sp³-hybridized carbons (Fsp3) is 0.500. The molecule has 0 aliphatic carbocycles. The van der Waals surface area contributed by atoms with Gasteiger partial charge in [0, 0.05) is 18.9 Å². The van der Waals surface area contributed by atoms with Crippen LogP contribution in [-0.2, 0) is 11.2 Å². The Hall–Kier alpha value is -1.29. The quantitative estimate of drug-likeness (QED) is 0.759. The van der Waals surface area contributed by atoms with Gasteiger partial charge in [-0.05, 0) is 24.6 Å². The van der Waals surface area contributed by atoms with Crippen molar-refractivity contribution in [1.82, 2.24) is 5.32 Å². The summed E-state index contributed by atoms with van der Waals surface area (Å²) in [6, 6.07) is 4.31. The van der Waals surface area contributed by atoms with Crippen molar-refractivity contribution >= 4 is 5.78 Å². The first kappa shape index (κ1) is 14.8. The maximum Gasteiger partial charge on any atom is 0.162 e. The van der Waals surface area contributed by atoms with Gasteiger partial charge in [-0.1, -0.05) is 26.0 Å². The van der Waals surface area contributed by atoms with E-state index in [9.17, 15) is 13.6 Å². The predicted octanol–water partition coefficient (Wildman–Crippen LogP) is 2.85. The lowest BCUT2D eigenvalue weighted by Crippen LogP contribution is -2.24. The molecule has 2 nitrogen and oxygen atoms in total. The van der Waals surface area contributed by atoms with Gasteiger partial charge in [0.05, 0.1) is 0 Å². The monoisotopic (exact) mass is 255 g/mol. The first-order valence-electron chi connectivity index (χ1n) is 6.18. The molecule has 0 bridgehead atoms. The van der Waals surface area contributed by atoms with Gasteiger partial charge in [0.15, 0.2) is 11.6 Å². The molecule has 0 saturated carbocycles. The number of Topliss-reactive ketones (excluding diaryl/α,β-unsaturated/α-hetero) is 1. The number of hydrogen-bond donors (Lipinski definition) is 1. The van der Waals surface area contributed by atoms with Gasteiger partial charge < -0.3 is 5.32 Å². The highest BCUT2D eigenvalue weighted by Crippen LogP contribution is 2.13. The van der Waals surface area contributed by atoms with E-state index in [4.69, 9.17) is 0 Å². The van der Waals surface area contributed by atoms with E-state index in [1.165, 1.54) is 12.1 Å². The van der Waals surface area contributed by atoms with E-state index < -0.39 is 11.6 Å². The molecule has 100 valence electrons. The summed E-state index contributed by atoms with van der Waals surface area (Å²) in [5.74, 6) is -1.88. The first-order chi connectivity index (χ1) is 8.50. The molecule has 0 saturated heterocycles. The minimum atomic E-state index is -0.911. The number of ketones is 1. The highest BCUT2D eigenvalue weighted by molar-refractivity contribution is 5.80. The SMILES string of the molecule is CC(C)NCCCC(=O)Cc1cccc(F)c1F. The van der Waals surface area contributed by atoms with Gasteiger partial charge in [0.25, 0.3) is 0 Å². The summed E-state index contributed by atoms with van der Waals surface area (Å²) in [4.78, 5) is 11.6. The third-order valence-electron chi connectivity index (χ3n) is 2.60. The summed E-state index contributed by atoms with van der Waals surface area (Å²) < 4.78 is 26.2. The Morgan fingerprint density at radius 1 is 1.33 bits per heavy atom. The van der Waals surface area contributed by atoms with Crippen LogP contribution in [0, 0.1) is 11.6 Å². The lowest BCUT2D eigenvalue weighted by Gasteiger charge is -2.07. The van der Waals surface area contributed by atoms with Gasteiger partial charge in [0.2, 0.25) is 0 Å². The second-order valence-electron chi connectivity index (χ2n) is 4.64. The zero-order valence-electron chi connectivity index (χ0n) is 10.8. The van der Waals surface area contributed by atoms with E-state index in [1.54, 1.807) is 0 Å². The van der Waals surface area contributed by atoms with Crippen LogP contribution in [0.4, 0.5) is 8.78 Å². The van der Waals surface area contributed by atoms with Crippen LogP contribution in [0.1, 0.15) is 32.3 Å². The summed E-state index contributed by atoms with van der Waals surface area (Å²) in [6.07, 6.45) is 1.06. The molecule has 1 aromatic carbocycles. The lowest BCUT2D eigenvalue weighted by atomic mass is 10.0. The van der Waals surface area contributed by atoms with E-state index in [-0.39, 0.29) is 17.8 Å². The van der Waals surface area contributed by atoms with Crippen molar-refractivity contribution in [2.75, 3.05) is 6.54 Å². The van der Waals surface area contributed by atoms with Crippen molar-refractivity contribution in [3.05, 3.63) is 35.4 Å². The van der Waals surface area contributed by atoms with Crippen LogP contribution in [-0.4, -0.2) is 18.4 Å². The summed E-state index contributed by atoms with van der Waals surface area (Å²) in [5.41, 5.74) is 0.136. The minimum Gasteiger partial charge on any atom is -0.315 e. The van der Waals surface area contributed by atoms with Crippen LogP contribution in [0.25, 0.3) is 0 Å². The first-order valence-corrected chi connectivity index (χ1v) is 6.18. The Morgan fingerprint density at radius 3 is 2.72 bits per heavy atom. The number of nitrogens with one attached hydrogen (secondary N) is 1. The van der Waals surface area contributed by atoms with E-state index >= 15 is 0 Å². The highest BCUT2D eigenvalue weighted by Gasteiger charge is 2.11. The Kier molecular flexibility index (Phi) is 5.92. The van der Waals surface area contributed by atoms with E-state index in [0.717, 1.165) is 12.6 Å². The molecule has 0 unspecified atom stereocenters. The van der Waals surface area contributed by atoms with Crippen molar-refractivity contribution in [2.24, 2.45) is 0 Å². The smallest absolute Gasteiger partial charge is 0.162 e. The zero-order chi connectivity index (χ0) is 13.5. The normalized spacial score (nSPS) is 10.9. The molecule has 0 atom stereocenters. The molecule has 0 fully saturated rings. The van der Waals surface area contributed by atoms with Gasteiger partial charge in [-0.3, -0.25) is 4.79 Å². The molecule has 0 aromatic heterocycles. The third-order valence-corrected chi connectivity index (χ3v) is 2.60. The van der Waals surface area contributed by atoms with Crippen molar-refractivity contribution in [1.29, 1.82) is 0 Å². The molecular formula is C14H19F2NO. The molecule has 0 amide bonds. The van der Waals surface area contributed by atoms with Gasteiger partial charge >= 0.3 is 0 Å². The summed E-state index contributed by atoms with van der Waals surface area (Å²) in [7, 11) is 0. The number of hydrogen-bond acceptors (Lipinski definition) is 2. The molecule has 0 spiro atoms. The van der Waals surface area contributed by atoms with Crippen LogP contribution < -0.4 is 5.32 Å². The zero-order valence-corrected chi connectivity index (χ0v) is 10.8. The molecular weight excluding hydrogens is 236 g/mol. The van der Waals surface area contributed by atoms with Gasteiger partial charge in [0.1, 0.15) is 5.78 Å². The van der Waals surface area contributed by atoms with Crippen LogP contribution in [0.15, 0.2) is 18.2 Å². The second kappa shape index (κ2) is 7.21. The van der Waals surface area contributed by atoms with Crippen LogP contribution in [0.3, 0.4) is 0 Å². The summed E-state index contributed by atoms with van der Waals surface area (Å²) in [5, 5.41) is 3.20. The fourth-order valence-electron chi connectivity index (χ4n) is 1.66. The molecule has 4 heteroatoms. The molecule has 0 radical (unpaired) electrons. The minimum absolute atomic E-state index is 0.0364. The largest absolute Gasteiger partial charge is 0.315 e. The van der Waals surface area contributed by atoms with Crippen molar-refractivity contribution < 1.29 is 13.6 Å². The fourth-order valence-corrected chi connectivity index (χ4v) is 1.66.